The molecular formula is C12H16N4O2S. The van der Waals surface area contributed by atoms with Crippen LogP contribution in [0, 0.1) is 0 Å². The summed E-state index contributed by atoms with van der Waals surface area (Å²) >= 11 is 1.58. The number of hydrogen-bond acceptors (Lipinski definition) is 6. The van der Waals surface area contributed by atoms with Gasteiger partial charge in [-0.15, -0.1) is 5.10 Å². The van der Waals surface area contributed by atoms with Crippen molar-refractivity contribution in [3.05, 3.63) is 29.8 Å². The molecule has 0 unspecified atom stereocenters. The number of aromatic nitrogens is 4. The number of aryl methyl sites for hydroxylation is 1. The van der Waals surface area contributed by atoms with Gasteiger partial charge in [0.1, 0.15) is 5.75 Å². The number of nitrogens with zero attached hydrogens (tertiary/aromatic N) is 4. The predicted octanol–water partition coefficient (Wildman–Crippen LogP) is 1.01. The molecule has 0 radical (unpaired) electrons. The molecule has 0 spiro atoms. The topological polar surface area (TPSA) is 73.1 Å². The molecule has 6 nitrogen and oxygen atoms in total. The smallest absolute Gasteiger partial charge is 0.209 e. The molecule has 0 aliphatic carbocycles. The third kappa shape index (κ3) is 3.93. The van der Waals surface area contributed by atoms with Crippen molar-refractivity contribution in [3.63, 3.8) is 0 Å². The van der Waals surface area contributed by atoms with Crippen LogP contribution in [0.25, 0.3) is 0 Å². The van der Waals surface area contributed by atoms with Crippen molar-refractivity contribution in [2.24, 2.45) is 0 Å². The van der Waals surface area contributed by atoms with Gasteiger partial charge in [-0.05, 0) is 34.5 Å². The van der Waals surface area contributed by atoms with Crippen LogP contribution in [0.15, 0.2) is 29.4 Å². The number of thioether (sulfide) groups is 1. The Morgan fingerprint density at radius 3 is 2.79 bits per heavy atom. The van der Waals surface area contributed by atoms with Gasteiger partial charge in [0.05, 0.1) is 20.3 Å². The summed E-state index contributed by atoms with van der Waals surface area (Å²) in [7, 11) is 1.66. The van der Waals surface area contributed by atoms with Gasteiger partial charge in [-0.2, -0.15) is 0 Å². The number of tetrazole rings is 1. The maximum atomic E-state index is 8.88. The standard InChI is InChI=1S/C12H16N4O2S/c1-18-11-4-2-10(3-5-11)6-9-19-12-13-14-15-16(12)7-8-17/h2-5,17H,6-9H2,1H3. The zero-order valence-electron chi connectivity index (χ0n) is 10.7. The average Bonchev–Trinajstić information content (AvgIpc) is 2.88. The number of methoxy groups -OCH3 is 1. The predicted molar refractivity (Wildman–Crippen MR) is 72.3 cm³/mol. The normalized spacial score (nSPS) is 10.6. The van der Waals surface area contributed by atoms with E-state index >= 15 is 0 Å². The van der Waals surface area contributed by atoms with Crippen molar-refractivity contribution in [2.75, 3.05) is 19.5 Å². The summed E-state index contributed by atoms with van der Waals surface area (Å²) in [5, 5.41) is 21.0. The van der Waals surface area contributed by atoms with Crippen molar-refractivity contribution in [1.29, 1.82) is 0 Å². The molecule has 1 heterocycles. The van der Waals surface area contributed by atoms with Crippen molar-refractivity contribution in [1.82, 2.24) is 20.2 Å². The van der Waals surface area contributed by atoms with Crippen molar-refractivity contribution >= 4 is 11.8 Å². The molecule has 0 atom stereocenters. The maximum absolute atomic E-state index is 8.88. The highest BCUT2D eigenvalue weighted by Crippen LogP contribution is 2.17. The van der Waals surface area contributed by atoms with Crippen LogP contribution in [0.5, 0.6) is 5.75 Å². The van der Waals surface area contributed by atoms with E-state index in [-0.39, 0.29) is 6.61 Å². The first-order chi connectivity index (χ1) is 9.33. The highest BCUT2D eigenvalue weighted by atomic mass is 32.2. The minimum Gasteiger partial charge on any atom is -0.497 e. The second-order valence-electron chi connectivity index (χ2n) is 3.85. The molecule has 0 saturated heterocycles. The average molecular weight is 280 g/mol. The van der Waals surface area contributed by atoms with Crippen LogP contribution in [-0.4, -0.2) is 44.8 Å². The second kappa shape index (κ2) is 7.10. The Balaban J connectivity index is 1.83. The number of hydrogen-bond donors (Lipinski definition) is 1. The maximum Gasteiger partial charge on any atom is 0.209 e. The molecule has 2 aromatic rings. The molecule has 0 amide bonds. The molecule has 1 aromatic heterocycles. The van der Waals surface area contributed by atoms with Crippen LogP contribution in [0.3, 0.4) is 0 Å². The Morgan fingerprint density at radius 1 is 1.32 bits per heavy atom. The first-order valence-electron chi connectivity index (χ1n) is 5.96. The fraction of sp³-hybridized carbons (Fsp3) is 0.417. The number of aliphatic hydroxyl groups excluding tert-OH is 1. The Hall–Kier alpha value is -1.60. The fourth-order valence-electron chi connectivity index (χ4n) is 1.59. The largest absolute Gasteiger partial charge is 0.497 e. The first-order valence-corrected chi connectivity index (χ1v) is 6.95. The van der Waals surface area contributed by atoms with Crippen LogP contribution < -0.4 is 4.74 Å². The van der Waals surface area contributed by atoms with Gasteiger partial charge in [0.15, 0.2) is 0 Å². The van der Waals surface area contributed by atoms with Gasteiger partial charge in [0.25, 0.3) is 0 Å². The summed E-state index contributed by atoms with van der Waals surface area (Å²) in [6, 6.07) is 8.01. The minimum atomic E-state index is 0.0388. The van der Waals surface area contributed by atoms with Gasteiger partial charge in [-0.25, -0.2) is 4.68 Å². The van der Waals surface area contributed by atoms with Crippen molar-refractivity contribution in [3.8, 4) is 5.75 Å². The molecule has 0 aliphatic heterocycles. The van der Waals surface area contributed by atoms with Crippen molar-refractivity contribution in [2.45, 2.75) is 18.1 Å². The number of benzene rings is 1. The van der Waals surface area contributed by atoms with E-state index < -0.39 is 0 Å². The number of aliphatic hydroxyl groups is 1. The van der Waals surface area contributed by atoms with Gasteiger partial charge in [-0.1, -0.05) is 23.9 Å². The van der Waals surface area contributed by atoms with E-state index in [9.17, 15) is 0 Å². The number of ether oxygens (including phenoxy) is 1. The molecule has 0 fully saturated rings. The summed E-state index contributed by atoms with van der Waals surface area (Å²) in [5.74, 6) is 1.75. The number of rotatable bonds is 7. The van der Waals surface area contributed by atoms with Crippen LogP contribution in [-0.2, 0) is 13.0 Å². The Morgan fingerprint density at radius 2 is 2.11 bits per heavy atom. The Labute approximate surface area is 115 Å². The third-order valence-corrected chi connectivity index (χ3v) is 3.55. The molecular weight excluding hydrogens is 264 g/mol. The summed E-state index contributed by atoms with van der Waals surface area (Å²) in [4.78, 5) is 0. The van der Waals surface area contributed by atoms with Gasteiger partial charge >= 0.3 is 0 Å². The lowest BCUT2D eigenvalue weighted by atomic mass is 10.2. The molecule has 2 rings (SSSR count). The van der Waals surface area contributed by atoms with Gasteiger partial charge < -0.3 is 9.84 Å². The van der Waals surface area contributed by atoms with E-state index in [1.54, 1.807) is 23.6 Å². The molecule has 102 valence electrons. The first kappa shape index (κ1) is 13.8. The summed E-state index contributed by atoms with van der Waals surface area (Å²) in [6.45, 7) is 0.467. The third-order valence-electron chi connectivity index (χ3n) is 2.59. The lowest BCUT2D eigenvalue weighted by Crippen LogP contribution is -2.06. The van der Waals surface area contributed by atoms with Crippen molar-refractivity contribution < 1.29 is 9.84 Å². The van der Waals surface area contributed by atoms with Gasteiger partial charge in [0, 0.05) is 5.75 Å². The Bertz CT molecular complexity index is 501. The molecule has 19 heavy (non-hydrogen) atoms. The second-order valence-corrected chi connectivity index (χ2v) is 4.92. The SMILES string of the molecule is COc1ccc(CCSc2nnnn2CCO)cc1. The molecule has 0 saturated carbocycles. The summed E-state index contributed by atoms with van der Waals surface area (Å²) < 4.78 is 6.73. The minimum absolute atomic E-state index is 0.0388. The van der Waals surface area contributed by atoms with E-state index in [0.717, 1.165) is 23.1 Å². The quantitative estimate of drug-likeness (QED) is 0.763. The highest BCUT2D eigenvalue weighted by Gasteiger charge is 2.05. The molecule has 0 bridgehead atoms. The van der Waals surface area contributed by atoms with E-state index in [2.05, 4.69) is 27.7 Å². The molecule has 1 N–H and O–H groups in total. The van der Waals surface area contributed by atoms with Crippen LogP contribution in [0.4, 0.5) is 0 Å². The van der Waals surface area contributed by atoms with E-state index in [4.69, 9.17) is 9.84 Å². The zero-order valence-corrected chi connectivity index (χ0v) is 11.5. The zero-order chi connectivity index (χ0) is 13.5. The lowest BCUT2D eigenvalue weighted by Gasteiger charge is -2.04. The molecule has 1 aromatic carbocycles. The van der Waals surface area contributed by atoms with E-state index in [1.807, 2.05) is 12.1 Å². The lowest BCUT2D eigenvalue weighted by molar-refractivity contribution is 0.262. The highest BCUT2D eigenvalue weighted by molar-refractivity contribution is 7.99. The van der Waals surface area contributed by atoms with E-state index in [1.165, 1.54) is 5.56 Å². The Kier molecular flexibility index (Phi) is 5.17. The molecule has 0 aliphatic rings. The fourth-order valence-corrected chi connectivity index (χ4v) is 2.48. The van der Waals surface area contributed by atoms with Gasteiger partial charge in [0.2, 0.25) is 5.16 Å². The van der Waals surface area contributed by atoms with Crippen LogP contribution in [0.2, 0.25) is 0 Å². The van der Waals surface area contributed by atoms with Gasteiger partial charge in [-0.3, -0.25) is 0 Å². The summed E-state index contributed by atoms with van der Waals surface area (Å²) in [5.41, 5.74) is 1.24. The van der Waals surface area contributed by atoms with E-state index in [0.29, 0.717) is 6.54 Å². The van der Waals surface area contributed by atoms with Crippen LogP contribution >= 0.6 is 11.8 Å². The summed E-state index contributed by atoms with van der Waals surface area (Å²) in [6.07, 6.45) is 0.931. The molecule has 7 heteroatoms. The monoisotopic (exact) mass is 280 g/mol. The van der Waals surface area contributed by atoms with Crippen LogP contribution in [0.1, 0.15) is 5.56 Å².